The van der Waals surface area contributed by atoms with Gasteiger partial charge in [-0.15, -0.1) is 0 Å². The van der Waals surface area contributed by atoms with Gasteiger partial charge in [-0.05, 0) is 24.1 Å². The number of nitrogens with two attached hydrogens (primary N) is 1. The Hall–Kier alpha value is -1.34. The molecule has 7 heteroatoms. The largest absolute Gasteiger partial charge is 0.496 e. The fraction of sp³-hybridized carbons (Fsp3) is 0.462. The summed E-state index contributed by atoms with van der Waals surface area (Å²) in [5, 5.41) is 0. The number of alkyl halides is 3. The van der Waals surface area contributed by atoms with E-state index in [1.807, 2.05) is 0 Å². The molecule has 0 bridgehead atoms. The standard InChI is InChI=1S/C13H16F3NO2S/c1-18-11-4-3-9(7-10(11)12(17)20)8-19-6-2-5-13(14,15)16/h3-4,7H,2,5-6,8H2,1H3,(H2,17,20). The van der Waals surface area contributed by atoms with Crippen molar-refractivity contribution < 1.29 is 22.6 Å². The molecule has 112 valence electrons. The molecule has 1 aromatic rings. The van der Waals surface area contributed by atoms with Crippen LogP contribution in [0.2, 0.25) is 0 Å². The van der Waals surface area contributed by atoms with Crippen molar-refractivity contribution in [1.82, 2.24) is 0 Å². The Morgan fingerprint density at radius 3 is 2.60 bits per heavy atom. The molecule has 0 aliphatic carbocycles. The summed E-state index contributed by atoms with van der Waals surface area (Å²) in [7, 11) is 1.50. The molecule has 2 N–H and O–H groups in total. The molecule has 0 fully saturated rings. The molecule has 20 heavy (non-hydrogen) atoms. The predicted octanol–water partition coefficient (Wildman–Crippen LogP) is 3.19. The van der Waals surface area contributed by atoms with Gasteiger partial charge in [-0.1, -0.05) is 18.3 Å². The van der Waals surface area contributed by atoms with Gasteiger partial charge in [0.25, 0.3) is 0 Å². The van der Waals surface area contributed by atoms with Crippen LogP contribution in [0.4, 0.5) is 13.2 Å². The van der Waals surface area contributed by atoms with Crippen LogP contribution in [0.3, 0.4) is 0 Å². The second-order valence-electron chi connectivity index (χ2n) is 4.17. The minimum absolute atomic E-state index is 0.0495. The van der Waals surface area contributed by atoms with Gasteiger partial charge < -0.3 is 15.2 Å². The lowest BCUT2D eigenvalue weighted by atomic mass is 10.1. The first kappa shape index (κ1) is 16.7. The molecule has 0 atom stereocenters. The Morgan fingerprint density at radius 2 is 2.05 bits per heavy atom. The topological polar surface area (TPSA) is 44.5 Å². The molecule has 0 amide bonds. The summed E-state index contributed by atoms with van der Waals surface area (Å²) in [5.74, 6) is 0.554. The number of benzene rings is 1. The van der Waals surface area contributed by atoms with Crippen LogP contribution in [0.25, 0.3) is 0 Å². The number of hydrogen-bond donors (Lipinski definition) is 1. The first-order valence-electron chi connectivity index (χ1n) is 5.94. The highest BCUT2D eigenvalue weighted by molar-refractivity contribution is 7.80. The van der Waals surface area contributed by atoms with E-state index in [0.717, 1.165) is 5.56 Å². The van der Waals surface area contributed by atoms with Crippen LogP contribution in [-0.4, -0.2) is 24.9 Å². The van der Waals surface area contributed by atoms with Gasteiger partial charge in [-0.3, -0.25) is 0 Å². The highest BCUT2D eigenvalue weighted by Gasteiger charge is 2.25. The highest BCUT2D eigenvalue weighted by Crippen LogP contribution is 2.22. The monoisotopic (exact) mass is 307 g/mol. The Labute approximate surface area is 120 Å². The van der Waals surface area contributed by atoms with Crippen molar-refractivity contribution in [1.29, 1.82) is 0 Å². The SMILES string of the molecule is COc1ccc(COCCCC(F)(F)F)cc1C(N)=S. The van der Waals surface area contributed by atoms with Crippen molar-refractivity contribution in [3.05, 3.63) is 29.3 Å². The van der Waals surface area contributed by atoms with Crippen LogP contribution in [0.5, 0.6) is 5.75 Å². The lowest BCUT2D eigenvalue weighted by molar-refractivity contribution is -0.138. The molecule has 1 rings (SSSR count). The zero-order valence-electron chi connectivity index (χ0n) is 11.0. The van der Waals surface area contributed by atoms with Gasteiger partial charge in [-0.25, -0.2) is 0 Å². The van der Waals surface area contributed by atoms with Gasteiger partial charge in [0.15, 0.2) is 0 Å². The van der Waals surface area contributed by atoms with Crippen molar-refractivity contribution in [3.8, 4) is 5.75 Å². The van der Waals surface area contributed by atoms with Gasteiger partial charge in [0.05, 0.1) is 19.3 Å². The van der Waals surface area contributed by atoms with Gasteiger partial charge in [0, 0.05) is 13.0 Å². The molecule has 0 aromatic heterocycles. The predicted molar refractivity (Wildman–Crippen MR) is 73.8 cm³/mol. The molecular formula is C13H16F3NO2S. The van der Waals surface area contributed by atoms with Crippen molar-refractivity contribution >= 4 is 17.2 Å². The second-order valence-corrected chi connectivity index (χ2v) is 4.61. The molecule has 0 saturated heterocycles. The Balaban J connectivity index is 2.49. The average Bonchev–Trinajstić information content (AvgIpc) is 2.36. The van der Waals surface area contributed by atoms with Crippen LogP contribution in [0, 0.1) is 0 Å². The van der Waals surface area contributed by atoms with Crippen LogP contribution < -0.4 is 10.5 Å². The molecule has 0 spiro atoms. The van der Waals surface area contributed by atoms with Crippen molar-refractivity contribution in [2.75, 3.05) is 13.7 Å². The van der Waals surface area contributed by atoms with Crippen molar-refractivity contribution in [2.45, 2.75) is 25.6 Å². The van der Waals surface area contributed by atoms with Gasteiger partial charge in [0.2, 0.25) is 0 Å². The molecule has 3 nitrogen and oxygen atoms in total. The van der Waals surface area contributed by atoms with E-state index >= 15 is 0 Å². The zero-order chi connectivity index (χ0) is 15.2. The summed E-state index contributed by atoms with van der Waals surface area (Å²) in [6.45, 7) is 0.255. The smallest absolute Gasteiger partial charge is 0.389 e. The third-order valence-corrected chi connectivity index (χ3v) is 2.77. The summed E-state index contributed by atoms with van der Waals surface area (Å²) in [4.78, 5) is 0.195. The normalized spacial score (nSPS) is 11.4. The highest BCUT2D eigenvalue weighted by atomic mass is 32.1. The van der Waals surface area contributed by atoms with E-state index in [1.165, 1.54) is 7.11 Å². The lowest BCUT2D eigenvalue weighted by Gasteiger charge is -2.10. The summed E-state index contributed by atoms with van der Waals surface area (Å²) in [6.07, 6.45) is -5.03. The van der Waals surface area contributed by atoms with E-state index in [2.05, 4.69) is 0 Å². The van der Waals surface area contributed by atoms with E-state index in [4.69, 9.17) is 27.4 Å². The first-order valence-corrected chi connectivity index (χ1v) is 6.35. The maximum absolute atomic E-state index is 11.9. The molecule has 0 aliphatic heterocycles. The maximum Gasteiger partial charge on any atom is 0.389 e. The maximum atomic E-state index is 11.9. The molecule has 0 aliphatic rings. The summed E-state index contributed by atoms with van der Waals surface area (Å²) in [5.41, 5.74) is 6.93. The minimum atomic E-state index is -4.14. The zero-order valence-corrected chi connectivity index (χ0v) is 11.8. The van der Waals surface area contributed by atoms with E-state index < -0.39 is 12.6 Å². The van der Waals surface area contributed by atoms with Crippen LogP contribution >= 0.6 is 12.2 Å². The van der Waals surface area contributed by atoms with Gasteiger partial charge >= 0.3 is 6.18 Å². The summed E-state index contributed by atoms with van der Waals surface area (Å²) in [6, 6.07) is 5.16. The second kappa shape index (κ2) is 7.44. The molecular weight excluding hydrogens is 291 g/mol. The number of hydrogen-bond acceptors (Lipinski definition) is 3. The summed E-state index contributed by atoms with van der Waals surface area (Å²) >= 11 is 4.90. The molecule has 0 heterocycles. The van der Waals surface area contributed by atoms with E-state index in [-0.39, 0.29) is 24.6 Å². The number of rotatable bonds is 7. The first-order chi connectivity index (χ1) is 9.33. The summed E-state index contributed by atoms with van der Waals surface area (Å²) < 4.78 is 46.1. The number of ether oxygens (including phenoxy) is 2. The number of halogens is 3. The molecule has 0 unspecified atom stereocenters. The van der Waals surface area contributed by atoms with E-state index in [9.17, 15) is 13.2 Å². The Kier molecular flexibility index (Phi) is 6.22. The van der Waals surface area contributed by atoms with Crippen molar-refractivity contribution in [3.63, 3.8) is 0 Å². The van der Waals surface area contributed by atoms with E-state index in [1.54, 1.807) is 18.2 Å². The van der Waals surface area contributed by atoms with Crippen molar-refractivity contribution in [2.24, 2.45) is 5.73 Å². The molecule has 0 saturated carbocycles. The lowest BCUT2D eigenvalue weighted by Crippen LogP contribution is -2.12. The number of thiocarbonyl (C=S) groups is 1. The third kappa shape index (κ3) is 5.75. The van der Waals surface area contributed by atoms with Gasteiger partial charge in [-0.2, -0.15) is 13.2 Å². The van der Waals surface area contributed by atoms with Crippen LogP contribution in [0.1, 0.15) is 24.0 Å². The van der Waals surface area contributed by atoms with E-state index in [0.29, 0.717) is 11.3 Å². The number of methoxy groups -OCH3 is 1. The third-order valence-electron chi connectivity index (χ3n) is 2.55. The Morgan fingerprint density at radius 1 is 1.35 bits per heavy atom. The fourth-order valence-electron chi connectivity index (χ4n) is 1.60. The molecule has 0 radical (unpaired) electrons. The quantitative estimate of drug-likeness (QED) is 0.621. The Bertz CT molecular complexity index is 463. The average molecular weight is 307 g/mol. The van der Waals surface area contributed by atoms with Crippen LogP contribution in [0.15, 0.2) is 18.2 Å². The molecule has 1 aromatic carbocycles. The van der Waals surface area contributed by atoms with Crippen LogP contribution in [-0.2, 0) is 11.3 Å². The fourth-order valence-corrected chi connectivity index (χ4v) is 1.76. The minimum Gasteiger partial charge on any atom is -0.496 e. The van der Waals surface area contributed by atoms with Gasteiger partial charge in [0.1, 0.15) is 10.7 Å².